The minimum Gasteiger partial charge on any atom is -0.457 e. The molecule has 0 unspecified atom stereocenters. The molecular formula is C23H22BrN5O2. The zero-order chi connectivity index (χ0) is 21.8. The topological polar surface area (TPSA) is 81.1 Å². The average molecular weight is 480 g/mol. The van der Waals surface area contributed by atoms with Crippen LogP contribution in [0.3, 0.4) is 0 Å². The highest BCUT2D eigenvalue weighted by Crippen LogP contribution is 2.28. The number of hydrogen-bond acceptors (Lipinski definition) is 5. The van der Waals surface area contributed by atoms with Gasteiger partial charge in [0.2, 0.25) is 5.95 Å². The first kappa shape index (κ1) is 20.9. The number of carbonyl (C=O) groups excluding carboxylic acids is 1. The minimum absolute atomic E-state index is 0.212. The Hall–Kier alpha value is -3.39. The van der Waals surface area contributed by atoms with E-state index in [1.807, 2.05) is 61.0 Å². The van der Waals surface area contributed by atoms with Crippen LogP contribution < -0.4 is 15.4 Å². The number of benzene rings is 2. The Labute approximate surface area is 188 Å². The third-order valence-corrected chi connectivity index (χ3v) is 5.22. The van der Waals surface area contributed by atoms with Gasteiger partial charge in [-0.3, -0.25) is 9.78 Å². The molecule has 0 aliphatic heterocycles. The van der Waals surface area contributed by atoms with Gasteiger partial charge in [-0.25, -0.2) is 4.98 Å². The number of hydrogen-bond donors (Lipinski definition) is 2. The first-order valence-electron chi connectivity index (χ1n) is 9.94. The third kappa shape index (κ3) is 4.86. The van der Waals surface area contributed by atoms with Gasteiger partial charge < -0.3 is 19.9 Å². The van der Waals surface area contributed by atoms with E-state index in [4.69, 9.17) is 9.72 Å². The second kappa shape index (κ2) is 9.18. The normalized spacial score (nSPS) is 10.8. The van der Waals surface area contributed by atoms with E-state index in [9.17, 15) is 4.79 Å². The summed E-state index contributed by atoms with van der Waals surface area (Å²) < 4.78 is 8.98. The molecule has 0 aliphatic carbocycles. The summed E-state index contributed by atoms with van der Waals surface area (Å²) in [5.74, 6) is 1.69. The van der Waals surface area contributed by atoms with Crippen molar-refractivity contribution in [1.82, 2.24) is 19.9 Å². The first-order valence-corrected chi connectivity index (χ1v) is 10.7. The molecule has 2 aromatic carbocycles. The number of pyridine rings is 1. The lowest BCUT2D eigenvalue weighted by atomic mass is 10.3. The van der Waals surface area contributed by atoms with Crippen LogP contribution in [0.2, 0.25) is 0 Å². The van der Waals surface area contributed by atoms with Gasteiger partial charge in [-0.1, -0.05) is 22.9 Å². The van der Waals surface area contributed by atoms with Crippen molar-refractivity contribution in [3.63, 3.8) is 0 Å². The molecule has 8 heteroatoms. The van der Waals surface area contributed by atoms with Crippen LogP contribution in [-0.4, -0.2) is 27.0 Å². The van der Waals surface area contributed by atoms with E-state index in [1.54, 1.807) is 18.3 Å². The Morgan fingerprint density at radius 1 is 1.10 bits per heavy atom. The van der Waals surface area contributed by atoms with Gasteiger partial charge in [-0.15, -0.1) is 0 Å². The Morgan fingerprint density at radius 3 is 2.65 bits per heavy atom. The smallest absolute Gasteiger partial charge is 0.270 e. The molecule has 0 bridgehead atoms. The largest absolute Gasteiger partial charge is 0.457 e. The summed E-state index contributed by atoms with van der Waals surface area (Å²) in [5, 5.41) is 6.15. The van der Waals surface area contributed by atoms with Crippen LogP contribution in [0, 0.1) is 0 Å². The molecule has 158 valence electrons. The van der Waals surface area contributed by atoms with Crippen molar-refractivity contribution >= 4 is 44.5 Å². The van der Waals surface area contributed by atoms with Gasteiger partial charge in [0.25, 0.3) is 5.91 Å². The van der Waals surface area contributed by atoms with Gasteiger partial charge in [0, 0.05) is 42.1 Å². The molecule has 0 atom stereocenters. The van der Waals surface area contributed by atoms with Gasteiger partial charge in [0.05, 0.1) is 11.0 Å². The summed E-state index contributed by atoms with van der Waals surface area (Å²) in [5.41, 5.74) is 3.05. The summed E-state index contributed by atoms with van der Waals surface area (Å²) in [4.78, 5) is 21.0. The second-order valence-corrected chi connectivity index (χ2v) is 7.93. The van der Waals surface area contributed by atoms with E-state index in [1.165, 1.54) is 0 Å². The number of nitrogens with zero attached hydrogens (tertiary/aromatic N) is 3. The van der Waals surface area contributed by atoms with Crippen molar-refractivity contribution in [3.05, 3.63) is 71.0 Å². The Balaban J connectivity index is 1.54. The van der Waals surface area contributed by atoms with E-state index < -0.39 is 0 Å². The second-order valence-electron chi connectivity index (χ2n) is 7.01. The maximum Gasteiger partial charge on any atom is 0.270 e. The summed E-state index contributed by atoms with van der Waals surface area (Å²) >= 11 is 3.44. The molecule has 2 heterocycles. The Bertz CT molecular complexity index is 1220. The van der Waals surface area contributed by atoms with Crippen LogP contribution in [0.1, 0.15) is 23.8 Å². The summed E-state index contributed by atoms with van der Waals surface area (Å²) in [6.45, 7) is 2.61. The van der Waals surface area contributed by atoms with E-state index >= 15 is 0 Å². The predicted octanol–water partition coefficient (Wildman–Crippen LogP) is 5.41. The minimum atomic E-state index is -0.212. The summed E-state index contributed by atoms with van der Waals surface area (Å²) in [6, 6.07) is 17.0. The lowest BCUT2D eigenvalue weighted by Crippen LogP contribution is -2.24. The number of anilines is 2. The zero-order valence-corrected chi connectivity index (χ0v) is 18.8. The fourth-order valence-corrected chi connectivity index (χ4v) is 3.35. The fourth-order valence-electron chi connectivity index (χ4n) is 3.08. The highest BCUT2D eigenvalue weighted by Gasteiger charge is 2.11. The fraction of sp³-hybridized carbons (Fsp3) is 0.174. The summed E-state index contributed by atoms with van der Waals surface area (Å²) in [7, 11) is 1.96. The Kier molecular flexibility index (Phi) is 6.18. The SMILES string of the molecule is CCCNC(=O)c1cc(Oc2ccc3c(c2)nc(Nc2ccc(Br)cc2)n3C)ccn1. The van der Waals surface area contributed by atoms with Gasteiger partial charge in [0.1, 0.15) is 17.2 Å². The monoisotopic (exact) mass is 479 g/mol. The summed E-state index contributed by atoms with van der Waals surface area (Å²) in [6.07, 6.45) is 2.43. The average Bonchev–Trinajstić information content (AvgIpc) is 3.08. The molecule has 1 amide bonds. The predicted molar refractivity (Wildman–Crippen MR) is 125 cm³/mol. The van der Waals surface area contributed by atoms with Crippen LogP contribution in [0.4, 0.5) is 11.6 Å². The molecule has 0 saturated carbocycles. The molecule has 2 aromatic heterocycles. The standard InChI is InChI=1S/C23H22BrN5O2/c1-3-11-26-22(30)20-14-18(10-12-25-20)31-17-8-9-21-19(13-17)28-23(29(21)2)27-16-6-4-15(24)5-7-16/h4-10,12-14H,3,11H2,1-2H3,(H,26,30)(H,27,28). The molecule has 0 radical (unpaired) electrons. The van der Waals surface area contributed by atoms with Crippen molar-refractivity contribution in [2.24, 2.45) is 7.05 Å². The molecule has 2 N–H and O–H groups in total. The lowest BCUT2D eigenvalue weighted by Gasteiger charge is -2.08. The number of imidazole rings is 1. The van der Waals surface area contributed by atoms with E-state index in [0.29, 0.717) is 23.7 Å². The molecule has 7 nitrogen and oxygen atoms in total. The third-order valence-electron chi connectivity index (χ3n) is 4.69. The quantitative estimate of drug-likeness (QED) is 0.370. The number of aryl methyl sites for hydroxylation is 1. The number of carbonyl (C=O) groups is 1. The maximum atomic E-state index is 12.1. The highest BCUT2D eigenvalue weighted by atomic mass is 79.9. The van der Waals surface area contributed by atoms with Crippen LogP contribution in [0.15, 0.2) is 65.3 Å². The van der Waals surface area contributed by atoms with E-state index in [2.05, 4.69) is 31.5 Å². The molecule has 0 aliphatic rings. The number of nitrogens with one attached hydrogen (secondary N) is 2. The number of ether oxygens (including phenoxy) is 1. The number of amides is 1. The van der Waals surface area contributed by atoms with Crippen LogP contribution in [0.5, 0.6) is 11.5 Å². The van der Waals surface area contributed by atoms with Gasteiger partial charge >= 0.3 is 0 Å². The number of rotatable bonds is 7. The molecule has 0 saturated heterocycles. The van der Waals surface area contributed by atoms with Crippen LogP contribution in [-0.2, 0) is 7.05 Å². The number of halogens is 1. The van der Waals surface area contributed by atoms with E-state index in [-0.39, 0.29) is 5.91 Å². The van der Waals surface area contributed by atoms with E-state index in [0.717, 1.165) is 33.6 Å². The number of aromatic nitrogens is 3. The van der Waals surface area contributed by atoms with Crippen molar-refractivity contribution in [3.8, 4) is 11.5 Å². The number of fused-ring (bicyclic) bond motifs is 1. The molecule has 4 aromatic rings. The zero-order valence-electron chi connectivity index (χ0n) is 17.2. The van der Waals surface area contributed by atoms with Crippen LogP contribution in [0.25, 0.3) is 11.0 Å². The van der Waals surface area contributed by atoms with Crippen LogP contribution >= 0.6 is 15.9 Å². The molecular weight excluding hydrogens is 458 g/mol. The molecule has 4 rings (SSSR count). The molecule has 0 spiro atoms. The van der Waals surface area contributed by atoms with Gasteiger partial charge in [-0.05, 0) is 48.9 Å². The molecule has 31 heavy (non-hydrogen) atoms. The highest BCUT2D eigenvalue weighted by molar-refractivity contribution is 9.10. The van der Waals surface area contributed by atoms with Gasteiger partial charge in [0.15, 0.2) is 0 Å². The van der Waals surface area contributed by atoms with Crippen molar-refractivity contribution in [2.45, 2.75) is 13.3 Å². The lowest BCUT2D eigenvalue weighted by molar-refractivity contribution is 0.0948. The molecule has 0 fully saturated rings. The first-order chi connectivity index (χ1) is 15.0. The maximum absolute atomic E-state index is 12.1. The van der Waals surface area contributed by atoms with Crippen molar-refractivity contribution in [2.75, 3.05) is 11.9 Å². The van der Waals surface area contributed by atoms with Crippen molar-refractivity contribution < 1.29 is 9.53 Å². The van der Waals surface area contributed by atoms with Crippen molar-refractivity contribution in [1.29, 1.82) is 0 Å². The Morgan fingerprint density at radius 2 is 1.87 bits per heavy atom. The van der Waals surface area contributed by atoms with Gasteiger partial charge in [-0.2, -0.15) is 0 Å².